The van der Waals surface area contributed by atoms with E-state index in [2.05, 4.69) is 0 Å². The Kier molecular flexibility index (Phi) is 4.20. The highest BCUT2D eigenvalue weighted by molar-refractivity contribution is 7.80. The fraction of sp³-hybridized carbons (Fsp3) is 0.0833. The van der Waals surface area contributed by atoms with E-state index in [1.54, 1.807) is 28.4 Å². The van der Waals surface area contributed by atoms with Crippen LogP contribution in [0, 0.1) is 6.92 Å². The van der Waals surface area contributed by atoms with Crippen molar-refractivity contribution in [2.24, 2.45) is 5.73 Å². The number of nitrogen functional groups attached to an aromatic ring is 1. The van der Waals surface area contributed by atoms with Gasteiger partial charge in [0.2, 0.25) is 0 Å². The number of nitrogens with zero attached hydrogens (tertiary/aromatic N) is 1. The smallest absolute Gasteiger partial charge is 0.175 e. The van der Waals surface area contributed by atoms with Gasteiger partial charge >= 0.3 is 0 Å². The van der Waals surface area contributed by atoms with Crippen LogP contribution in [-0.4, -0.2) is 5.11 Å². The van der Waals surface area contributed by atoms with Crippen molar-refractivity contribution in [2.75, 3.05) is 10.6 Å². The van der Waals surface area contributed by atoms with Crippen LogP contribution in [-0.2, 0) is 0 Å². The third-order valence-electron chi connectivity index (χ3n) is 2.60. The second kappa shape index (κ2) is 5.54. The van der Waals surface area contributed by atoms with Gasteiger partial charge in [0, 0.05) is 5.38 Å². The molecule has 7 heteroatoms. The van der Waals surface area contributed by atoms with Gasteiger partial charge in [-0.15, -0.1) is 11.3 Å². The van der Waals surface area contributed by atoms with Gasteiger partial charge in [-0.05, 0) is 42.2 Å². The summed E-state index contributed by atoms with van der Waals surface area (Å²) in [6, 6.07) is 3.25. The van der Waals surface area contributed by atoms with E-state index < -0.39 is 0 Å². The number of benzene rings is 1. The van der Waals surface area contributed by atoms with Crippen LogP contribution in [0.5, 0.6) is 0 Å². The Hall–Kier alpha value is -1.01. The molecule has 1 heterocycles. The Morgan fingerprint density at radius 3 is 2.37 bits per heavy atom. The molecule has 1 aromatic carbocycles. The van der Waals surface area contributed by atoms with Gasteiger partial charge in [0.25, 0.3) is 0 Å². The van der Waals surface area contributed by atoms with Gasteiger partial charge in [0.05, 0.1) is 27.1 Å². The molecule has 100 valence electrons. The molecule has 19 heavy (non-hydrogen) atoms. The first-order valence-corrected chi connectivity index (χ1v) is 7.39. The molecule has 0 fully saturated rings. The van der Waals surface area contributed by atoms with Gasteiger partial charge in [0.1, 0.15) is 0 Å². The number of rotatable bonds is 2. The van der Waals surface area contributed by atoms with Crippen molar-refractivity contribution in [3.63, 3.8) is 0 Å². The van der Waals surface area contributed by atoms with Gasteiger partial charge in [-0.1, -0.05) is 23.2 Å². The molecule has 4 N–H and O–H groups in total. The SMILES string of the molecule is Cc1cscc1N(C(N)=S)c1cc(Cl)c(Cl)cc1N. The van der Waals surface area contributed by atoms with Crippen molar-refractivity contribution < 1.29 is 0 Å². The van der Waals surface area contributed by atoms with E-state index in [1.165, 1.54) is 0 Å². The number of halogens is 2. The largest absolute Gasteiger partial charge is 0.397 e. The molecule has 2 aromatic rings. The molecular formula is C12H11Cl2N3S2. The van der Waals surface area contributed by atoms with E-state index in [9.17, 15) is 0 Å². The predicted octanol–water partition coefficient (Wildman–Crippen LogP) is 4.33. The maximum atomic E-state index is 6.04. The zero-order valence-corrected chi connectivity index (χ0v) is 13.1. The van der Waals surface area contributed by atoms with Crippen molar-refractivity contribution in [3.8, 4) is 0 Å². The number of aryl methyl sites for hydroxylation is 1. The van der Waals surface area contributed by atoms with Gasteiger partial charge in [-0.2, -0.15) is 0 Å². The number of hydrogen-bond acceptors (Lipinski definition) is 3. The zero-order chi connectivity index (χ0) is 14.2. The van der Waals surface area contributed by atoms with Gasteiger partial charge in [0.15, 0.2) is 5.11 Å². The highest BCUT2D eigenvalue weighted by Gasteiger charge is 2.19. The summed E-state index contributed by atoms with van der Waals surface area (Å²) in [5, 5.41) is 4.96. The number of hydrogen-bond donors (Lipinski definition) is 2. The summed E-state index contributed by atoms with van der Waals surface area (Å²) in [5.41, 5.74) is 14.8. The molecule has 0 radical (unpaired) electrons. The molecule has 0 bridgehead atoms. The minimum Gasteiger partial charge on any atom is -0.397 e. The monoisotopic (exact) mass is 331 g/mol. The average molecular weight is 332 g/mol. The predicted molar refractivity (Wildman–Crippen MR) is 88.9 cm³/mol. The molecule has 1 aromatic heterocycles. The van der Waals surface area contributed by atoms with Crippen molar-refractivity contribution in [2.45, 2.75) is 6.92 Å². The Bertz CT molecular complexity index is 640. The van der Waals surface area contributed by atoms with Crippen LogP contribution in [0.15, 0.2) is 22.9 Å². The molecule has 0 amide bonds. The molecule has 0 saturated heterocycles. The normalized spacial score (nSPS) is 10.5. The lowest BCUT2D eigenvalue weighted by Crippen LogP contribution is -2.31. The first-order valence-electron chi connectivity index (χ1n) is 5.28. The van der Waals surface area contributed by atoms with Gasteiger partial charge < -0.3 is 11.5 Å². The van der Waals surface area contributed by atoms with Crippen LogP contribution in [0.1, 0.15) is 5.56 Å². The Morgan fingerprint density at radius 2 is 1.84 bits per heavy atom. The lowest BCUT2D eigenvalue weighted by atomic mass is 10.2. The third-order valence-corrected chi connectivity index (χ3v) is 4.35. The summed E-state index contributed by atoms with van der Waals surface area (Å²) >= 11 is 18.7. The molecule has 0 atom stereocenters. The third kappa shape index (κ3) is 2.79. The van der Waals surface area contributed by atoms with Gasteiger partial charge in [-0.25, -0.2) is 0 Å². The van der Waals surface area contributed by atoms with Crippen LogP contribution in [0.4, 0.5) is 17.1 Å². The Labute approximate surface area is 130 Å². The van der Waals surface area contributed by atoms with Crippen molar-refractivity contribution in [1.82, 2.24) is 0 Å². The topological polar surface area (TPSA) is 55.3 Å². The second-order valence-corrected chi connectivity index (χ2v) is 5.92. The van der Waals surface area contributed by atoms with Crippen LogP contribution >= 0.6 is 46.8 Å². The van der Waals surface area contributed by atoms with E-state index >= 15 is 0 Å². The van der Waals surface area contributed by atoms with Crippen molar-refractivity contribution >= 4 is 68.9 Å². The number of thiocarbonyl (C=S) groups is 1. The lowest BCUT2D eigenvalue weighted by molar-refractivity contribution is 1.32. The van der Waals surface area contributed by atoms with Crippen LogP contribution in [0.25, 0.3) is 0 Å². The highest BCUT2D eigenvalue weighted by atomic mass is 35.5. The van der Waals surface area contributed by atoms with Crippen LogP contribution in [0.2, 0.25) is 10.0 Å². The summed E-state index contributed by atoms with van der Waals surface area (Å²) in [6.45, 7) is 1.98. The molecule has 0 aliphatic rings. The highest BCUT2D eigenvalue weighted by Crippen LogP contribution is 2.38. The first-order chi connectivity index (χ1) is 8.91. The lowest BCUT2D eigenvalue weighted by Gasteiger charge is -2.24. The maximum Gasteiger partial charge on any atom is 0.175 e. The molecule has 0 spiro atoms. The Morgan fingerprint density at radius 1 is 1.21 bits per heavy atom. The van der Waals surface area contributed by atoms with E-state index in [0.29, 0.717) is 21.4 Å². The molecule has 0 unspecified atom stereocenters. The van der Waals surface area contributed by atoms with Gasteiger partial charge in [-0.3, -0.25) is 4.90 Å². The molecule has 2 rings (SSSR count). The van der Waals surface area contributed by atoms with E-state index in [4.69, 9.17) is 46.9 Å². The fourth-order valence-corrected chi connectivity index (χ4v) is 3.04. The maximum absolute atomic E-state index is 6.04. The zero-order valence-electron chi connectivity index (χ0n) is 9.98. The number of thiophene rings is 1. The van der Waals surface area contributed by atoms with Crippen molar-refractivity contribution in [1.29, 1.82) is 0 Å². The first kappa shape index (κ1) is 14.4. The summed E-state index contributed by atoms with van der Waals surface area (Å²) in [7, 11) is 0. The van der Waals surface area contributed by atoms with Crippen LogP contribution < -0.4 is 16.4 Å². The average Bonchev–Trinajstić information content (AvgIpc) is 2.72. The number of anilines is 3. The summed E-state index contributed by atoms with van der Waals surface area (Å²) in [6.07, 6.45) is 0. The molecular weight excluding hydrogens is 321 g/mol. The van der Waals surface area contributed by atoms with Crippen LogP contribution in [0.3, 0.4) is 0 Å². The van der Waals surface area contributed by atoms with Crippen molar-refractivity contribution in [3.05, 3.63) is 38.5 Å². The Balaban J connectivity index is 2.61. The molecule has 0 aliphatic carbocycles. The molecule has 0 saturated carbocycles. The summed E-state index contributed by atoms with van der Waals surface area (Å²) in [4.78, 5) is 1.69. The number of nitrogens with two attached hydrogens (primary N) is 2. The quantitative estimate of drug-likeness (QED) is 0.635. The van der Waals surface area contributed by atoms with E-state index in [0.717, 1.165) is 11.3 Å². The summed E-state index contributed by atoms with van der Waals surface area (Å²) in [5.74, 6) is 0. The standard InChI is InChI=1S/C12H11Cl2N3S2/c1-6-4-19-5-11(6)17(12(16)18)10-3-8(14)7(13)2-9(10)15/h2-5H,15H2,1H3,(H2,16,18). The van der Waals surface area contributed by atoms with E-state index in [-0.39, 0.29) is 5.11 Å². The molecule has 0 aliphatic heterocycles. The fourth-order valence-electron chi connectivity index (χ4n) is 1.70. The summed E-state index contributed by atoms with van der Waals surface area (Å²) < 4.78 is 0. The van der Waals surface area contributed by atoms with E-state index in [1.807, 2.05) is 17.7 Å². The second-order valence-electron chi connectivity index (χ2n) is 3.94. The minimum absolute atomic E-state index is 0.201. The molecule has 3 nitrogen and oxygen atoms in total. The minimum atomic E-state index is 0.201.